The first kappa shape index (κ1) is 19.6. The molecular formula is C22H28N4O3. The highest BCUT2D eigenvalue weighted by molar-refractivity contribution is 5.81. The Hall–Kier alpha value is -2.67. The summed E-state index contributed by atoms with van der Waals surface area (Å²) < 4.78 is 11.2. The summed E-state index contributed by atoms with van der Waals surface area (Å²) in [6.45, 7) is 4.96. The molecule has 1 saturated heterocycles. The summed E-state index contributed by atoms with van der Waals surface area (Å²) in [7, 11) is 1.60. The summed E-state index contributed by atoms with van der Waals surface area (Å²) in [5.41, 5.74) is 2.33. The van der Waals surface area contributed by atoms with E-state index in [0.717, 1.165) is 50.4 Å². The SMILES string of the molecule is COc1ccccc1OC(C)C(=O)N1CCCC(c2ncc3c(n2)CCNC3)C1. The summed E-state index contributed by atoms with van der Waals surface area (Å²) >= 11 is 0. The third kappa shape index (κ3) is 4.34. The van der Waals surface area contributed by atoms with E-state index >= 15 is 0 Å². The van der Waals surface area contributed by atoms with Crippen LogP contribution in [0.25, 0.3) is 0 Å². The Morgan fingerprint density at radius 1 is 1.31 bits per heavy atom. The van der Waals surface area contributed by atoms with E-state index in [1.165, 1.54) is 5.56 Å². The quantitative estimate of drug-likeness (QED) is 0.836. The third-order valence-corrected chi connectivity index (χ3v) is 5.65. The average molecular weight is 396 g/mol. The number of carbonyl (C=O) groups excluding carboxylic acids is 1. The van der Waals surface area contributed by atoms with E-state index in [4.69, 9.17) is 14.5 Å². The van der Waals surface area contributed by atoms with Crippen LogP contribution in [0.1, 0.15) is 42.8 Å². The second-order valence-electron chi connectivity index (χ2n) is 7.66. The van der Waals surface area contributed by atoms with Crippen LogP contribution in [0.5, 0.6) is 11.5 Å². The maximum absolute atomic E-state index is 13.0. The first-order valence-corrected chi connectivity index (χ1v) is 10.3. The fourth-order valence-electron chi connectivity index (χ4n) is 4.05. The van der Waals surface area contributed by atoms with Gasteiger partial charge in [0.15, 0.2) is 17.6 Å². The number of nitrogens with one attached hydrogen (secondary N) is 1. The van der Waals surface area contributed by atoms with E-state index in [1.54, 1.807) is 14.0 Å². The molecule has 2 atom stereocenters. The molecule has 154 valence electrons. The van der Waals surface area contributed by atoms with Crippen molar-refractivity contribution >= 4 is 5.91 Å². The highest BCUT2D eigenvalue weighted by Gasteiger charge is 2.30. The molecule has 1 fully saturated rings. The molecule has 1 aromatic carbocycles. The number of aromatic nitrogens is 2. The van der Waals surface area contributed by atoms with Crippen LogP contribution in [0.4, 0.5) is 0 Å². The Morgan fingerprint density at radius 3 is 2.97 bits per heavy atom. The zero-order valence-corrected chi connectivity index (χ0v) is 17.1. The third-order valence-electron chi connectivity index (χ3n) is 5.65. The summed E-state index contributed by atoms with van der Waals surface area (Å²) in [6, 6.07) is 7.39. The summed E-state index contributed by atoms with van der Waals surface area (Å²) in [6.07, 6.45) is 4.24. The van der Waals surface area contributed by atoms with Crippen LogP contribution >= 0.6 is 0 Å². The number of amides is 1. The minimum Gasteiger partial charge on any atom is -0.493 e. The second kappa shape index (κ2) is 8.78. The lowest BCUT2D eigenvalue weighted by Gasteiger charge is -2.34. The van der Waals surface area contributed by atoms with Gasteiger partial charge in [0, 0.05) is 56.0 Å². The average Bonchev–Trinajstić information content (AvgIpc) is 2.78. The van der Waals surface area contributed by atoms with Gasteiger partial charge in [-0.3, -0.25) is 4.79 Å². The lowest BCUT2D eigenvalue weighted by Crippen LogP contribution is -2.45. The van der Waals surface area contributed by atoms with Gasteiger partial charge in [-0.05, 0) is 31.9 Å². The van der Waals surface area contributed by atoms with E-state index in [9.17, 15) is 4.79 Å². The number of hydrogen-bond donors (Lipinski definition) is 1. The van der Waals surface area contributed by atoms with E-state index < -0.39 is 6.10 Å². The molecule has 0 spiro atoms. The number of nitrogens with zero attached hydrogens (tertiary/aromatic N) is 3. The van der Waals surface area contributed by atoms with Gasteiger partial charge in [-0.2, -0.15) is 0 Å². The number of methoxy groups -OCH3 is 1. The maximum Gasteiger partial charge on any atom is 0.263 e. The first-order chi connectivity index (χ1) is 14.2. The van der Waals surface area contributed by atoms with Gasteiger partial charge in [-0.1, -0.05) is 12.1 Å². The number of piperidine rings is 1. The highest BCUT2D eigenvalue weighted by Crippen LogP contribution is 2.29. The summed E-state index contributed by atoms with van der Waals surface area (Å²) in [5, 5.41) is 3.35. The molecule has 2 aromatic rings. The molecule has 29 heavy (non-hydrogen) atoms. The number of para-hydroxylation sites is 2. The van der Waals surface area contributed by atoms with Crippen LogP contribution in [0.3, 0.4) is 0 Å². The molecule has 2 aliphatic rings. The van der Waals surface area contributed by atoms with Crippen LogP contribution in [-0.4, -0.2) is 53.6 Å². The number of benzene rings is 1. The van der Waals surface area contributed by atoms with Crippen LogP contribution < -0.4 is 14.8 Å². The molecule has 1 N–H and O–H groups in total. The first-order valence-electron chi connectivity index (χ1n) is 10.3. The highest BCUT2D eigenvalue weighted by atomic mass is 16.5. The Labute approximate surface area is 171 Å². The zero-order chi connectivity index (χ0) is 20.2. The smallest absolute Gasteiger partial charge is 0.263 e. The van der Waals surface area contributed by atoms with Crippen molar-refractivity contribution in [2.75, 3.05) is 26.7 Å². The molecule has 7 heteroatoms. The number of rotatable bonds is 5. The van der Waals surface area contributed by atoms with Gasteiger partial charge in [0.25, 0.3) is 5.91 Å². The molecule has 2 aliphatic heterocycles. The topological polar surface area (TPSA) is 76.6 Å². The fraction of sp³-hybridized carbons (Fsp3) is 0.500. The van der Waals surface area contributed by atoms with Crippen LogP contribution in [0.15, 0.2) is 30.5 Å². The maximum atomic E-state index is 13.0. The number of ether oxygens (including phenoxy) is 2. The number of carbonyl (C=O) groups is 1. The van der Waals surface area contributed by atoms with Gasteiger partial charge in [0.05, 0.1) is 7.11 Å². The molecule has 0 saturated carbocycles. The lowest BCUT2D eigenvalue weighted by atomic mass is 9.96. The van der Waals surface area contributed by atoms with Crippen molar-refractivity contribution in [1.82, 2.24) is 20.2 Å². The van der Waals surface area contributed by atoms with Crippen molar-refractivity contribution in [3.63, 3.8) is 0 Å². The van der Waals surface area contributed by atoms with E-state index in [0.29, 0.717) is 18.0 Å². The minimum atomic E-state index is -0.583. The molecular weight excluding hydrogens is 368 g/mol. The second-order valence-corrected chi connectivity index (χ2v) is 7.66. The van der Waals surface area contributed by atoms with Crippen LogP contribution in [-0.2, 0) is 17.8 Å². The summed E-state index contributed by atoms with van der Waals surface area (Å²) in [5.74, 6) is 2.23. The van der Waals surface area contributed by atoms with Crippen molar-refractivity contribution in [1.29, 1.82) is 0 Å². The predicted molar refractivity (Wildman–Crippen MR) is 109 cm³/mol. The Kier molecular flexibility index (Phi) is 5.94. The molecule has 3 heterocycles. The molecule has 7 nitrogen and oxygen atoms in total. The van der Waals surface area contributed by atoms with Crippen LogP contribution in [0.2, 0.25) is 0 Å². The Balaban J connectivity index is 1.43. The minimum absolute atomic E-state index is 0.0113. The van der Waals surface area contributed by atoms with Gasteiger partial charge >= 0.3 is 0 Å². The number of hydrogen-bond acceptors (Lipinski definition) is 6. The Bertz CT molecular complexity index is 873. The zero-order valence-electron chi connectivity index (χ0n) is 17.1. The van der Waals surface area contributed by atoms with Gasteiger partial charge in [-0.25, -0.2) is 9.97 Å². The fourth-order valence-corrected chi connectivity index (χ4v) is 4.05. The van der Waals surface area contributed by atoms with Crippen molar-refractivity contribution in [3.8, 4) is 11.5 Å². The molecule has 0 bridgehead atoms. The summed E-state index contributed by atoms with van der Waals surface area (Å²) in [4.78, 5) is 24.3. The Morgan fingerprint density at radius 2 is 2.14 bits per heavy atom. The van der Waals surface area contributed by atoms with Crippen molar-refractivity contribution < 1.29 is 14.3 Å². The molecule has 4 rings (SSSR count). The van der Waals surface area contributed by atoms with Gasteiger partial charge < -0.3 is 19.7 Å². The van der Waals surface area contributed by atoms with Crippen molar-refractivity contribution in [3.05, 3.63) is 47.5 Å². The largest absolute Gasteiger partial charge is 0.493 e. The normalized spacial score (nSPS) is 19.9. The molecule has 1 amide bonds. The molecule has 0 radical (unpaired) electrons. The number of likely N-dealkylation sites (tertiary alicyclic amines) is 1. The van der Waals surface area contributed by atoms with E-state index in [2.05, 4.69) is 10.3 Å². The lowest BCUT2D eigenvalue weighted by molar-refractivity contribution is -0.139. The molecule has 0 aliphatic carbocycles. The van der Waals surface area contributed by atoms with E-state index in [1.807, 2.05) is 35.4 Å². The van der Waals surface area contributed by atoms with Crippen molar-refractivity contribution in [2.45, 2.75) is 44.8 Å². The molecule has 1 aromatic heterocycles. The monoisotopic (exact) mass is 396 g/mol. The van der Waals surface area contributed by atoms with Crippen molar-refractivity contribution in [2.24, 2.45) is 0 Å². The van der Waals surface area contributed by atoms with Gasteiger partial charge in [0.1, 0.15) is 5.82 Å². The molecule has 2 unspecified atom stereocenters. The predicted octanol–water partition coefficient (Wildman–Crippen LogP) is 2.30. The van der Waals surface area contributed by atoms with E-state index in [-0.39, 0.29) is 11.8 Å². The van der Waals surface area contributed by atoms with Gasteiger partial charge in [-0.15, -0.1) is 0 Å². The van der Waals surface area contributed by atoms with Crippen LogP contribution in [0, 0.1) is 0 Å². The standard InChI is InChI=1S/C22H28N4O3/c1-15(29-20-8-4-3-7-19(20)28-2)22(27)26-11-5-6-16(14-26)21-24-13-17-12-23-10-9-18(17)25-21/h3-4,7-8,13,15-16,23H,5-6,9-12,14H2,1-2H3. The number of fused-ring (bicyclic) bond motifs is 1. The van der Waals surface area contributed by atoms with Gasteiger partial charge in [0.2, 0.25) is 0 Å².